The van der Waals surface area contributed by atoms with Crippen molar-refractivity contribution in [1.82, 2.24) is 0 Å². The molecule has 0 saturated heterocycles. The van der Waals surface area contributed by atoms with Crippen LogP contribution in [-0.4, -0.2) is 21.8 Å². The number of sulfonamides is 2. The Hall–Kier alpha value is -2.98. The first kappa shape index (κ1) is 16.5. The van der Waals surface area contributed by atoms with E-state index in [0.717, 1.165) is 24.3 Å². The highest BCUT2D eigenvalue weighted by Crippen LogP contribution is 2.44. The Labute approximate surface area is 148 Å². The Morgan fingerprint density at radius 3 is 2.15 bits per heavy atom. The molecule has 0 saturated carbocycles. The average molecular weight is 390 g/mol. The van der Waals surface area contributed by atoms with Gasteiger partial charge in [0.1, 0.15) is 0 Å². The zero-order valence-corrected chi connectivity index (χ0v) is 14.6. The normalized spacial score (nSPS) is 15.3. The van der Waals surface area contributed by atoms with Crippen molar-refractivity contribution in [3.05, 3.63) is 70.8 Å². The summed E-state index contributed by atoms with van der Waals surface area (Å²) in [5.74, 6) is 0. The lowest BCUT2D eigenvalue weighted by Gasteiger charge is -2.18. The molecule has 0 aliphatic carbocycles. The molecule has 0 aromatic heterocycles. The molecule has 3 aromatic carbocycles. The summed E-state index contributed by atoms with van der Waals surface area (Å²) < 4.78 is 52.2. The zero-order valence-electron chi connectivity index (χ0n) is 12.9. The van der Waals surface area contributed by atoms with E-state index in [2.05, 4.69) is 0 Å². The van der Waals surface area contributed by atoms with Gasteiger partial charge in [0.2, 0.25) is 0 Å². The summed E-state index contributed by atoms with van der Waals surface area (Å²) in [5.41, 5.74) is -0.255. The van der Waals surface area contributed by atoms with Crippen LogP contribution in [0.4, 0.5) is 11.4 Å². The Bertz CT molecular complexity index is 1280. The number of nitro groups is 1. The van der Waals surface area contributed by atoms with Crippen molar-refractivity contribution in [2.75, 3.05) is 3.71 Å². The van der Waals surface area contributed by atoms with Crippen LogP contribution >= 0.6 is 0 Å². The number of nitrogens with zero attached hydrogens (tertiary/aromatic N) is 2. The Morgan fingerprint density at radius 2 is 1.54 bits per heavy atom. The molecule has 0 bridgehead atoms. The van der Waals surface area contributed by atoms with Gasteiger partial charge in [-0.2, -0.15) is 12.1 Å². The Balaban J connectivity index is 1.96. The van der Waals surface area contributed by atoms with Crippen molar-refractivity contribution < 1.29 is 21.8 Å². The monoisotopic (exact) mass is 390 g/mol. The number of anilines is 1. The highest BCUT2D eigenvalue weighted by Gasteiger charge is 2.44. The number of nitro benzene ring substituents is 1. The molecule has 0 atom stereocenters. The van der Waals surface area contributed by atoms with Crippen LogP contribution in [-0.2, 0) is 20.0 Å². The Kier molecular flexibility index (Phi) is 3.33. The number of hydrogen-bond donors (Lipinski definition) is 0. The fourth-order valence-electron chi connectivity index (χ4n) is 2.97. The van der Waals surface area contributed by atoms with Gasteiger partial charge in [0, 0.05) is 17.5 Å². The SMILES string of the molecule is O=[N+]([O-])c1ccc(S(=O)(=O)N2c3cccc4cccc(c34)S2(=O)=O)cc1. The first-order valence-electron chi connectivity index (χ1n) is 7.31. The zero-order chi connectivity index (χ0) is 18.7. The highest BCUT2D eigenvalue weighted by atomic mass is 32.3. The second-order valence-corrected chi connectivity index (χ2v) is 9.36. The second kappa shape index (κ2) is 5.26. The predicted octanol–water partition coefficient (Wildman–Crippen LogP) is 2.65. The largest absolute Gasteiger partial charge is 0.278 e. The number of benzene rings is 3. The van der Waals surface area contributed by atoms with Crippen molar-refractivity contribution in [3.63, 3.8) is 0 Å². The topological polar surface area (TPSA) is 115 Å². The minimum absolute atomic E-state index is 0.0384. The minimum atomic E-state index is -4.48. The lowest BCUT2D eigenvalue weighted by Crippen LogP contribution is -2.33. The van der Waals surface area contributed by atoms with Crippen LogP contribution in [0.2, 0.25) is 0 Å². The Morgan fingerprint density at radius 1 is 0.923 bits per heavy atom. The molecule has 0 amide bonds. The van der Waals surface area contributed by atoms with Gasteiger partial charge in [0.15, 0.2) is 0 Å². The smallest absolute Gasteiger partial charge is 0.258 e. The summed E-state index contributed by atoms with van der Waals surface area (Å²) in [6, 6.07) is 13.3. The fraction of sp³-hybridized carbons (Fsp3) is 0. The van der Waals surface area contributed by atoms with Crippen LogP contribution in [0.3, 0.4) is 0 Å². The third-order valence-electron chi connectivity index (χ3n) is 4.10. The molecule has 3 aromatic rings. The van der Waals surface area contributed by atoms with Crippen LogP contribution < -0.4 is 3.71 Å². The van der Waals surface area contributed by atoms with Gasteiger partial charge >= 0.3 is 0 Å². The van der Waals surface area contributed by atoms with Crippen molar-refractivity contribution in [2.45, 2.75) is 9.79 Å². The molecule has 26 heavy (non-hydrogen) atoms. The maximum absolute atomic E-state index is 13.0. The highest BCUT2D eigenvalue weighted by molar-refractivity contribution is 8.10. The maximum atomic E-state index is 13.0. The van der Waals surface area contributed by atoms with E-state index >= 15 is 0 Å². The van der Waals surface area contributed by atoms with E-state index in [1.54, 1.807) is 24.3 Å². The molecule has 0 N–H and O–H groups in total. The maximum Gasteiger partial charge on any atom is 0.278 e. The number of hydrogen-bond acceptors (Lipinski definition) is 6. The third kappa shape index (κ3) is 2.12. The summed E-state index contributed by atoms with van der Waals surface area (Å²) in [6.07, 6.45) is 0. The van der Waals surface area contributed by atoms with Gasteiger partial charge in [0.05, 0.1) is 20.4 Å². The van der Waals surface area contributed by atoms with Crippen LogP contribution in [0.5, 0.6) is 0 Å². The van der Waals surface area contributed by atoms with E-state index in [1.165, 1.54) is 12.1 Å². The standard InChI is InChI=1S/C16H10N2O6S2/c19-17(20)12-7-9-13(10-8-12)25(21,22)18-14-5-1-3-11-4-2-6-15(16(11)14)26(18,23)24/h1-10H. The third-order valence-corrected chi connectivity index (χ3v) is 8.31. The van der Waals surface area contributed by atoms with Crippen molar-refractivity contribution in [1.29, 1.82) is 0 Å². The molecule has 132 valence electrons. The van der Waals surface area contributed by atoms with Crippen LogP contribution in [0.25, 0.3) is 10.8 Å². The van der Waals surface area contributed by atoms with E-state index < -0.39 is 25.0 Å². The van der Waals surface area contributed by atoms with Crippen molar-refractivity contribution in [2.24, 2.45) is 0 Å². The number of rotatable bonds is 3. The van der Waals surface area contributed by atoms with E-state index in [1.807, 2.05) is 0 Å². The molecule has 0 fully saturated rings. The molecule has 4 rings (SSSR count). The molecule has 0 spiro atoms. The van der Waals surface area contributed by atoms with Gasteiger partial charge in [-0.3, -0.25) is 10.1 Å². The van der Waals surface area contributed by atoms with E-state index in [0.29, 0.717) is 14.5 Å². The summed E-state index contributed by atoms with van der Waals surface area (Å²) in [5, 5.41) is 11.7. The molecular formula is C16H10N2O6S2. The second-order valence-electron chi connectivity index (χ2n) is 5.59. The minimum Gasteiger partial charge on any atom is -0.258 e. The van der Waals surface area contributed by atoms with Gasteiger partial charge in [-0.1, -0.05) is 24.3 Å². The van der Waals surface area contributed by atoms with E-state index in [9.17, 15) is 26.9 Å². The van der Waals surface area contributed by atoms with Crippen LogP contribution in [0.1, 0.15) is 0 Å². The first-order chi connectivity index (χ1) is 12.2. The quantitative estimate of drug-likeness (QED) is 0.502. The van der Waals surface area contributed by atoms with Gasteiger partial charge in [-0.05, 0) is 29.7 Å². The van der Waals surface area contributed by atoms with Crippen LogP contribution in [0, 0.1) is 10.1 Å². The van der Waals surface area contributed by atoms with Crippen molar-refractivity contribution in [3.8, 4) is 0 Å². The first-order valence-corrected chi connectivity index (χ1v) is 10.2. The lowest BCUT2D eigenvalue weighted by atomic mass is 10.1. The molecule has 1 aliphatic heterocycles. The number of non-ortho nitro benzene ring substituents is 1. The molecule has 10 heteroatoms. The van der Waals surface area contributed by atoms with Gasteiger partial charge in [0.25, 0.3) is 25.7 Å². The molecule has 1 aliphatic rings. The van der Waals surface area contributed by atoms with E-state index in [4.69, 9.17) is 0 Å². The fourth-order valence-corrected chi connectivity index (χ4v) is 6.90. The van der Waals surface area contributed by atoms with Crippen LogP contribution in [0.15, 0.2) is 70.5 Å². The summed E-state index contributed by atoms with van der Waals surface area (Å²) in [7, 11) is -8.80. The summed E-state index contributed by atoms with van der Waals surface area (Å²) >= 11 is 0. The van der Waals surface area contributed by atoms with Gasteiger partial charge in [-0.25, -0.2) is 8.42 Å². The summed E-state index contributed by atoms with van der Waals surface area (Å²) in [6.45, 7) is 0. The summed E-state index contributed by atoms with van der Waals surface area (Å²) in [4.78, 5) is 9.64. The molecule has 1 heterocycles. The lowest BCUT2D eigenvalue weighted by molar-refractivity contribution is -0.384. The van der Waals surface area contributed by atoms with Gasteiger partial charge < -0.3 is 0 Å². The molecular weight excluding hydrogens is 380 g/mol. The van der Waals surface area contributed by atoms with Crippen molar-refractivity contribution >= 4 is 42.2 Å². The molecule has 8 nitrogen and oxygen atoms in total. The average Bonchev–Trinajstić information content (AvgIpc) is 2.84. The molecule has 0 radical (unpaired) electrons. The predicted molar refractivity (Wildman–Crippen MR) is 93.9 cm³/mol. The molecule has 0 unspecified atom stereocenters. The van der Waals surface area contributed by atoms with E-state index in [-0.39, 0.29) is 21.2 Å². The van der Waals surface area contributed by atoms with Gasteiger partial charge in [-0.15, -0.1) is 0 Å².